The maximum absolute atomic E-state index is 12.8. The second kappa shape index (κ2) is 7.23. The predicted molar refractivity (Wildman–Crippen MR) is 88.5 cm³/mol. The Morgan fingerprint density at radius 3 is 2.62 bits per heavy atom. The molecule has 1 saturated heterocycles. The van der Waals surface area contributed by atoms with Gasteiger partial charge >= 0.3 is 0 Å². The normalized spacial score (nSPS) is 17.5. The van der Waals surface area contributed by atoms with Gasteiger partial charge in [-0.2, -0.15) is 0 Å². The third-order valence-electron chi connectivity index (χ3n) is 4.16. The van der Waals surface area contributed by atoms with Gasteiger partial charge in [-0.05, 0) is 5.56 Å². The minimum absolute atomic E-state index is 0.0144. The summed E-state index contributed by atoms with van der Waals surface area (Å²) in [5.74, 6) is -0.124. The summed E-state index contributed by atoms with van der Waals surface area (Å²) >= 11 is 0. The molecule has 0 unspecified atom stereocenters. The molecule has 1 heterocycles. The van der Waals surface area contributed by atoms with E-state index in [0.29, 0.717) is 25.3 Å². The Morgan fingerprint density at radius 2 is 1.88 bits per heavy atom. The van der Waals surface area contributed by atoms with Crippen molar-refractivity contribution < 1.29 is 14.5 Å². The summed E-state index contributed by atoms with van der Waals surface area (Å²) in [6.45, 7) is 1.40. The van der Waals surface area contributed by atoms with Gasteiger partial charge in [0.2, 0.25) is 5.91 Å². The van der Waals surface area contributed by atoms with Gasteiger partial charge < -0.3 is 9.64 Å². The van der Waals surface area contributed by atoms with Crippen LogP contribution in [0.5, 0.6) is 0 Å². The van der Waals surface area contributed by atoms with Crippen molar-refractivity contribution in [3.05, 3.63) is 75.8 Å². The Bertz CT molecular complexity index is 733. The summed E-state index contributed by atoms with van der Waals surface area (Å²) in [6, 6.07) is 15.9. The average molecular weight is 326 g/mol. The number of nitrogens with zero attached hydrogens (tertiary/aromatic N) is 2. The Kier molecular flexibility index (Phi) is 4.86. The number of nitro benzene ring substituents is 1. The first-order valence-corrected chi connectivity index (χ1v) is 7.81. The van der Waals surface area contributed by atoms with E-state index in [4.69, 9.17) is 4.74 Å². The van der Waals surface area contributed by atoms with Crippen LogP contribution in [-0.4, -0.2) is 35.5 Å². The van der Waals surface area contributed by atoms with Gasteiger partial charge in [0.05, 0.1) is 30.6 Å². The van der Waals surface area contributed by atoms with Gasteiger partial charge in [0.25, 0.3) is 5.69 Å². The van der Waals surface area contributed by atoms with Crippen LogP contribution in [-0.2, 0) is 16.0 Å². The standard InChI is InChI=1S/C18H18N2O4/c21-18(12-15-8-4-5-9-16(15)20(22)23)19-10-11-24-13-17(19)14-6-2-1-3-7-14/h1-9,17H,10-13H2/t17-/m1/s1. The molecule has 1 aliphatic heterocycles. The number of carbonyl (C=O) groups is 1. The molecule has 0 radical (unpaired) electrons. The van der Waals surface area contributed by atoms with Crippen LogP contribution in [0.15, 0.2) is 54.6 Å². The molecule has 3 rings (SSSR count). The summed E-state index contributed by atoms with van der Waals surface area (Å²) in [7, 11) is 0. The minimum atomic E-state index is -0.448. The second-order valence-corrected chi connectivity index (χ2v) is 5.65. The van der Waals surface area contributed by atoms with Crippen molar-refractivity contribution in [1.29, 1.82) is 0 Å². The first-order valence-electron chi connectivity index (χ1n) is 7.81. The molecule has 0 spiro atoms. The van der Waals surface area contributed by atoms with Crippen LogP contribution < -0.4 is 0 Å². The number of rotatable bonds is 4. The smallest absolute Gasteiger partial charge is 0.273 e. The molecular weight excluding hydrogens is 308 g/mol. The van der Waals surface area contributed by atoms with E-state index in [1.54, 1.807) is 23.1 Å². The van der Waals surface area contributed by atoms with E-state index in [1.165, 1.54) is 6.07 Å². The molecule has 2 aromatic rings. The predicted octanol–water partition coefficient (Wildman–Crippen LogP) is 2.74. The summed E-state index contributed by atoms with van der Waals surface area (Å²) in [5, 5.41) is 11.1. The first kappa shape index (κ1) is 16.1. The number of para-hydroxylation sites is 1. The number of hydrogen-bond donors (Lipinski definition) is 0. The monoisotopic (exact) mass is 326 g/mol. The second-order valence-electron chi connectivity index (χ2n) is 5.65. The number of amides is 1. The van der Waals surface area contributed by atoms with Crippen molar-refractivity contribution in [2.75, 3.05) is 19.8 Å². The number of benzene rings is 2. The van der Waals surface area contributed by atoms with Crippen molar-refractivity contribution in [2.45, 2.75) is 12.5 Å². The van der Waals surface area contributed by atoms with Gasteiger partial charge in [-0.1, -0.05) is 48.5 Å². The Labute approximate surface area is 139 Å². The first-order chi connectivity index (χ1) is 11.7. The van der Waals surface area contributed by atoms with Crippen LogP contribution in [0.4, 0.5) is 5.69 Å². The van der Waals surface area contributed by atoms with Gasteiger partial charge in [-0.25, -0.2) is 0 Å². The number of morpholine rings is 1. The lowest BCUT2D eigenvalue weighted by Crippen LogP contribution is -2.44. The third-order valence-corrected chi connectivity index (χ3v) is 4.16. The number of nitro groups is 1. The fraction of sp³-hybridized carbons (Fsp3) is 0.278. The molecule has 1 atom stereocenters. The Balaban J connectivity index is 1.82. The molecule has 6 nitrogen and oxygen atoms in total. The quantitative estimate of drug-likeness (QED) is 0.640. The zero-order valence-electron chi connectivity index (χ0n) is 13.1. The maximum atomic E-state index is 12.8. The van der Waals surface area contributed by atoms with Crippen LogP contribution in [0, 0.1) is 10.1 Å². The van der Waals surface area contributed by atoms with Crippen LogP contribution in [0.1, 0.15) is 17.2 Å². The lowest BCUT2D eigenvalue weighted by atomic mass is 10.0. The van der Waals surface area contributed by atoms with Crippen molar-refractivity contribution in [2.24, 2.45) is 0 Å². The van der Waals surface area contributed by atoms with Crippen molar-refractivity contribution in [3.8, 4) is 0 Å². The summed E-state index contributed by atoms with van der Waals surface area (Å²) in [4.78, 5) is 25.2. The molecule has 2 aromatic carbocycles. The van der Waals surface area contributed by atoms with E-state index in [1.807, 2.05) is 30.3 Å². The van der Waals surface area contributed by atoms with Gasteiger partial charge in [0.1, 0.15) is 0 Å². The highest BCUT2D eigenvalue weighted by molar-refractivity contribution is 5.80. The molecule has 124 valence electrons. The molecule has 1 aliphatic rings. The Morgan fingerprint density at radius 1 is 1.17 bits per heavy atom. The van der Waals surface area contributed by atoms with Crippen molar-refractivity contribution in [3.63, 3.8) is 0 Å². The third kappa shape index (κ3) is 3.44. The fourth-order valence-electron chi connectivity index (χ4n) is 2.96. The van der Waals surface area contributed by atoms with Crippen LogP contribution in [0.2, 0.25) is 0 Å². The molecule has 0 bridgehead atoms. The lowest BCUT2D eigenvalue weighted by molar-refractivity contribution is -0.385. The topological polar surface area (TPSA) is 72.7 Å². The fourth-order valence-corrected chi connectivity index (χ4v) is 2.96. The lowest BCUT2D eigenvalue weighted by Gasteiger charge is -2.36. The average Bonchev–Trinajstić information content (AvgIpc) is 2.62. The molecule has 0 aliphatic carbocycles. The van der Waals surface area contributed by atoms with Crippen LogP contribution >= 0.6 is 0 Å². The van der Waals surface area contributed by atoms with E-state index < -0.39 is 4.92 Å². The zero-order valence-corrected chi connectivity index (χ0v) is 13.1. The summed E-state index contributed by atoms with van der Waals surface area (Å²) in [6.07, 6.45) is 0.0144. The van der Waals surface area contributed by atoms with E-state index >= 15 is 0 Å². The molecule has 0 aromatic heterocycles. The summed E-state index contributed by atoms with van der Waals surface area (Å²) < 4.78 is 5.53. The van der Waals surface area contributed by atoms with E-state index in [0.717, 1.165) is 5.56 Å². The largest absolute Gasteiger partial charge is 0.377 e. The van der Waals surface area contributed by atoms with Crippen molar-refractivity contribution in [1.82, 2.24) is 4.90 Å². The SMILES string of the molecule is O=C(Cc1ccccc1[N+](=O)[O-])N1CCOC[C@@H]1c1ccccc1. The molecular formula is C18H18N2O4. The van der Waals surface area contributed by atoms with Crippen molar-refractivity contribution >= 4 is 11.6 Å². The van der Waals surface area contributed by atoms with Gasteiger partial charge in [0, 0.05) is 18.2 Å². The molecule has 0 N–H and O–H groups in total. The van der Waals surface area contributed by atoms with E-state index in [9.17, 15) is 14.9 Å². The Hall–Kier alpha value is -2.73. The molecule has 1 fully saturated rings. The number of ether oxygens (including phenoxy) is 1. The number of hydrogen-bond acceptors (Lipinski definition) is 4. The summed E-state index contributed by atoms with van der Waals surface area (Å²) in [5.41, 5.74) is 1.43. The van der Waals surface area contributed by atoms with Crippen LogP contribution in [0.25, 0.3) is 0 Å². The molecule has 6 heteroatoms. The highest BCUT2D eigenvalue weighted by atomic mass is 16.6. The molecule has 1 amide bonds. The zero-order chi connectivity index (χ0) is 16.9. The van der Waals surface area contributed by atoms with Gasteiger partial charge in [-0.3, -0.25) is 14.9 Å². The van der Waals surface area contributed by atoms with E-state index in [-0.39, 0.29) is 24.1 Å². The molecule has 24 heavy (non-hydrogen) atoms. The van der Waals surface area contributed by atoms with Gasteiger partial charge in [0.15, 0.2) is 0 Å². The minimum Gasteiger partial charge on any atom is -0.377 e. The van der Waals surface area contributed by atoms with E-state index in [2.05, 4.69) is 0 Å². The van der Waals surface area contributed by atoms with Gasteiger partial charge in [-0.15, -0.1) is 0 Å². The highest BCUT2D eigenvalue weighted by Gasteiger charge is 2.29. The molecule has 0 saturated carbocycles. The van der Waals surface area contributed by atoms with Crippen LogP contribution in [0.3, 0.4) is 0 Å². The number of carbonyl (C=O) groups excluding carboxylic acids is 1. The maximum Gasteiger partial charge on any atom is 0.273 e. The highest BCUT2D eigenvalue weighted by Crippen LogP contribution is 2.26.